The zero-order chi connectivity index (χ0) is 28.2. The molecule has 40 heavy (non-hydrogen) atoms. The van der Waals surface area contributed by atoms with Gasteiger partial charge in [-0.05, 0) is 72.5 Å². The van der Waals surface area contributed by atoms with E-state index in [0.717, 1.165) is 33.3 Å². The molecular weight excluding hydrogens is 502 g/mol. The normalized spacial score (nSPS) is 10.8. The smallest absolute Gasteiger partial charge is 0.338 e. The summed E-state index contributed by atoms with van der Waals surface area (Å²) in [7, 11) is 0. The molecule has 7 heteroatoms. The second-order valence-electron chi connectivity index (χ2n) is 9.57. The second kappa shape index (κ2) is 11.3. The van der Waals surface area contributed by atoms with Crippen molar-refractivity contribution in [3.05, 3.63) is 124 Å². The van der Waals surface area contributed by atoms with Crippen molar-refractivity contribution in [1.29, 1.82) is 5.26 Å². The average Bonchev–Trinajstić information content (AvgIpc) is 3.33. The van der Waals surface area contributed by atoms with E-state index in [1.807, 2.05) is 73.1 Å². The molecule has 0 aliphatic rings. The molecule has 0 amide bonds. The molecule has 5 aromatic rings. The molecular formula is C33H27N3O4. The maximum Gasteiger partial charge on any atom is 0.338 e. The van der Waals surface area contributed by atoms with Crippen LogP contribution in [-0.2, 0) is 24.3 Å². The summed E-state index contributed by atoms with van der Waals surface area (Å²) in [4.78, 5) is 25.3. The highest BCUT2D eigenvalue weighted by Gasteiger charge is 2.20. The van der Waals surface area contributed by atoms with Gasteiger partial charge in [0.2, 0.25) is 0 Å². The van der Waals surface area contributed by atoms with Crippen LogP contribution in [0.3, 0.4) is 0 Å². The van der Waals surface area contributed by atoms with Gasteiger partial charge in [-0.15, -0.1) is 0 Å². The number of esters is 1. The third-order valence-electron chi connectivity index (χ3n) is 6.87. The molecule has 7 nitrogen and oxygen atoms in total. The van der Waals surface area contributed by atoms with Crippen molar-refractivity contribution in [3.63, 3.8) is 0 Å². The summed E-state index contributed by atoms with van der Waals surface area (Å²) in [6, 6.07) is 27.6. The Kier molecular flexibility index (Phi) is 7.43. The highest BCUT2D eigenvalue weighted by molar-refractivity contribution is 5.98. The van der Waals surface area contributed by atoms with Crippen LogP contribution in [0.1, 0.15) is 55.6 Å². The first kappa shape index (κ1) is 26.4. The van der Waals surface area contributed by atoms with E-state index < -0.39 is 11.9 Å². The van der Waals surface area contributed by atoms with Crippen LogP contribution in [0.2, 0.25) is 0 Å². The second-order valence-corrected chi connectivity index (χ2v) is 9.57. The summed E-state index contributed by atoms with van der Waals surface area (Å²) in [5.74, 6) is -1.54. The molecule has 0 atom stereocenters. The van der Waals surface area contributed by atoms with Crippen molar-refractivity contribution in [2.45, 2.75) is 33.4 Å². The summed E-state index contributed by atoms with van der Waals surface area (Å²) in [5, 5.41) is 25.1. The van der Waals surface area contributed by atoms with Gasteiger partial charge in [-0.25, -0.2) is 9.59 Å². The van der Waals surface area contributed by atoms with Crippen LogP contribution in [0, 0.1) is 18.3 Å². The number of benzene rings is 4. The van der Waals surface area contributed by atoms with E-state index >= 15 is 0 Å². The number of carbonyl (C=O) groups is 2. The van der Waals surface area contributed by atoms with Crippen LogP contribution in [0.15, 0.2) is 84.9 Å². The molecule has 0 radical (unpaired) electrons. The number of rotatable bonds is 8. The van der Waals surface area contributed by atoms with Gasteiger partial charge < -0.3 is 9.84 Å². The minimum Gasteiger partial charge on any atom is -0.478 e. The van der Waals surface area contributed by atoms with Gasteiger partial charge in [-0.1, -0.05) is 54.1 Å². The number of hydrogen-bond acceptors (Lipinski definition) is 5. The van der Waals surface area contributed by atoms with Crippen LogP contribution in [0.5, 0.6) is 0 Å². The van der Waals surface area contributed by atoms with Gasteiger partial charge in [0.15, 0.2) is 0 Å². The molecule has 1 heterocycles. The number of aromatic nitrogens is 2. The first-order chi connectivity index (χ1) is 19.4. The number of carboxylic acids is 1. The SMILES string of the molecule is CCn1nc(Cc2ccc(C(=O)OCc3ccccc3)cc2-c2ccc(C)cc2C(=O)O)c2ccc(C#N)cc21. The van der Waals surface area contributed by atoms with Gasteiger partial charge in [0.1, 0.15) is 6.61 Å². The zero-order valence-electron chi connectivity index (χ0n) is 22.2. The molecule has 0 saturated carbocycles. The minimum atomic E-state index is -1.05. The van der Waals surface area contributed by atoms with Gasteiger partial charge >= 0.3 is 11.9 Å². The topological polar surface area (TPSA) is 105 Å². The number of aromatic carboxylic acids is 1. The Morgan fingerprint density at radius 1 is 0.975 bits per heavy atom. The van der Waals surface area contributed by atoms with E-state index in [2.05, 4.69) is 6.07 Å². The molecule has 4 aromatic carbocycles. The van der Waals surface area contributed by atoms with Crippen molar-refractivity contribution in [2.24, 2.45) is 0 Å². The van der Waals surface area contributed by atoms with E-state index in [9.17, 15) is 20.0 Å². The van der Waals surface area contributed by atoms with Gasteiger partial charge in [-0.3, -0.25) is 4.68 Å². The van der Waals surface area contributed by atoms with Crippen molar-refractivity contribution in [3.8, 4) is 17.2 Å². The number of ether oxygens (including phenoxy) is 1. The lowest BCUT2D eigenvalue weighted by atomic mass is 9.90. The Bertz CT molecular complexity index is 1780. The maximum atomic E-state index is 13.0. The van der Waals surface area contributed by atoms with Crippen LogP contribution < -0.4 is 0 Å². The van der Waals surface area contributed by atoms with E-state index in [1.165, 1.54) is 0 Å². The fraction of sp³-hybridized carbons (Fsp3) is 0.152. The van der Waals surface area contributed by atoms with Gasteiger partial charge in [0.05, 0.1) is 34.0 Å². The van der Waals surface area contributed by atoms with Crippen LogP contribution in [-0.4, -0.2) is 26.8 Å². The molecule has 0 aliphatic heterocycles. The summed E-state index contributed by atoms with van der Waals surface area (Å²) in [6.07, 6.45) is 0.400. The van der Waals surface area contributed by atoms with E-state index in [0.29, 0.717) is 35.2 Å². The van der Waals surface area contributed by atoms with E-state index in [-0.39, 0.29) is 12.2 Å². The van der Waals surface area contributed by atoms with Gasteiger partial charge in [0.25, 0.3) is 0 Å². The molecule has 0 spiro atoms. The summed E-state index contributed by atoms with van der Waals surface area (Å²) in [6.45, 7) is 4.59. The number of hydrogen-bond donors (Lipinski definition) is 1. The van der Waals surface area contributed by atoms with E-state index in [4.69, 9.17) is 9.84 Å². The standard InChI is InChI=1S/C33H27N3O4/c1-3-36-31-16-23(19-34)10-14-27(31)30(35-36)18-24-11-12-25(33(39)40-20-22-7-5-4-6-8-22)17-28(24)26-13-9-21(2)15-29(26)32(37)38/h4-17H,3,18,20H2,1-2H3,(H,37,38). The predicted octanol–water partition coefficient (Wildman–Crippen LogP) is 6.55. The molecule has 1 aromatic heterocycles. The minimum absolute atomic E-state index is 0.132. The highest BCUT2D eigenvalue weighted by Crippen LogP contribution is 2.32. The Balaban J connectivity index is 1.59. The molecule has 1 N–H and O–H groups in total. The molecule has 0 fully saturated rings. The molecule has 0 saturated heterocycles. The predicted molar refractivity (Wildman–Crippen MR) is 152 cm³/mol. The monoisotopic (exact) mass is 529 g/mol. The first-order valence-corrected chi connectivity index (χ1v) is 13.0. The van der Waals surface area contributed by atoms with Crippen molar-refractivity contribution in [2.75, 3.05) is 0 Å². The number of carbonyl (C=O) groups excluding carboxylic acids is 1. The Morgan fingerprint density at radius 3 is 2.50 bits per heavy atom. The average molecular weight is 530 g/mol. The first-order valence-electron chi connectivity index (χ1n) is 13.0. The number of nitrogens with zero attached hydrogens (tertiary/aromatic N) is 3. The number of fused-ring (bicyclic) bond motifs is 1. The van der Waals surface area contributed by atoms with Crippen LogP contribution >= 0.6 is 0 Å². The molecule has 198 valence electrons. The molecule has 5 rings (SSSR count). The quantitative estimate of drug-likeness (QED) is 0.229. The number of carboxylic acid groups (broad SMARTS) is 1. The highest BCUT2D eigenvalue weighted by atomic mass is 16.5. The van der Waals surface area contributed by atoms with Gasteiger partial charge in [0, 0.05) is 18.4 Å². The molecule has 0 aliphatic carbocycles. The van der Waals surface area contributed by atoms with Crippen LogP contribution in [0.4, 0.5) is 0 Å². The lowest BCUT2D eigenvalue weighted by Gasteiger charge is -2.15. The molecule has 0 bridgehead atoms. The fourth-order valence-electron chi connectivity index (χ4n) is 4.85. The lowest BCUT2D eigenvalue weighted by molar-refractivity contribution is 0.0472. The fourth-order valence-corrected chi connectivity index (χ4v) is 4.85. The largest absolute Gasteiger partial charge is 0.478 e. The lowest BCUT2D eigenvalue weighted by Crippen LogP contribution is -2.08. The summed E-state index contributed by atoms with van der Waals surface area (Å²) < 4.78 is 7.42. The zero-order valence-corrected chi connectivity index (χ0v) is 22.2. The van der Waals surface area contributed by atoms with Crippen molar-refractivity contribution in [1.82, 2.24) is 9.78 Å². The molecule has 0 unspecified atom stereocenters. The Labute approximate surface area is 231 Å². The summed E-state index contributed by atoms with van der Waals surface area (Å²) in [5.41, 5.74) is 6.34. The van der Waals surface area contributed by atoms with E-state index in [1.54, 1.807) is 30.3 Å². The Hall–Kier alpha value is -5.22. The third kappa shape index (κ3) is 5.33. The Morgan fingerprint density at radius 2 is 1.77 bits per heavy atom. The number of aryl methyl sites for hydroxylation is 2. The van der Waals surface area contributed by atoms with Crippen molar-refractivity contribution >= 4 is 22.8 Å². The van der Waals surface area contributed by atoms with Gasteiger partial charge in [-0.2, -0.15) is 10.4 Å². The summed E-state index contributed by atoms with van der Waals surface area (Å²) >= 11 is 0. The van der Waals surface area contributed by atoms with Crippen molar-refractivity contribution < 1.29 is 19.4 Å². The number of nitriles is 1. The van der Waals surface area contributed by atoms with Crippen LogP contribution in [0.25, 0.3) is 22.0 Å². The third-order valence-corrected chi connectivity index (χ3v) is 6.87. The maximum absolute atomic E-state index is 13.0.